The number of carbonyl (C=O) groups excluding carboxylic acids is 1. The molecule has 0 radical (unpaired) electrons. The topological polar surface area (TPSA) is 125 Å². The lowest BCUT2D eigenvalue weighted by atomic mass is 10.3. The second kappa shape index (κ2) is 14.9. The first-order valence-electron chi connectivity index (χ1n) is 10.9. The summed E-state index contributed by atoms with van der Waals surface area (Å²) in [6.45, 7) is 6.17. The minimum absolute atomic E-state index is 0.0138. The molecule has 35 heavy (non-hydrogen) atoms. The summed E-state index contributed by atoms with van der Waals surface area (Å²) in [7, 11) is -2.12. The van der Waals surface area contributed by atoms with Crippen molar-refractivity contribution in [3.05, 3.63) is 24.3 Å². The summed E-state index contributed by atoms with van der Waals surface area (Å²) >= 11 is 0. The first-order valence-corrected chi connectivity index (χ1v) is 12.4. The molecule has 2 rings (SSSR count). The third kappa shape index (κ3) is 10.8. The minimum Gasteiger partial charge on any atom is -0.494 e. The molecule has 1 heterocycles. The predicted molar refractivity (Wildman–Crippen MR) is 121 cm³/mol. The Morgan fingerprint density at radius 1 is 1.14 bits per heavy atom. The van der Waals surface area contributed by atoms with Gasteiger partial charge >= 0.3 is 12.1 Å². The summed E-state index contributed by atoms with van der Waals surface area (Å²) in [6, 6.07) is 6.38. The van der Waals surface area contributed by atoms with E-state index in [1.165, 1.54) is 4.31 Å². The van der Waals surface area contributed by atoms with Crippen LogP contribution in [0.2, 0.25) is 0 Å². The average Bonchev–Trinajstić information content (AvgIpc) is 2.82. The third-order valence-electron chi connectivity index (χ3n) is 4.82. The van der Waals surface area contributed by atoms with Gasteiger partial charge in [-0.2, -0.15) is 17.5 Å². The maximum atomic E-state index is 13.1. The Morgan fingerprint density at radius 2 is 1.71 bits per heavy atom. The van der Waals surface area contributed by atoms with Crippen molar-refractivity contribution in [2.75, 3.05) is 59.6 Å². The molecule has 1 aromatic carbocycles. The zero-order valence-electron chi connectivity index (χ0n) is 19.7. The van der Waals surface area contributed by atoms with Gasteiger partial charge in [-0.3, -0.25) is 4.79 Å². The summed E-state index contributed by atoms with van der Waals surface area (Å²) in [5.41, 5.74) is 0. The van der Waals surface area contributed by atoms with E-state index in [4.69, 9.17) is 19.4 Å². The van der Waals surface area contributed by atoms with Crippen LogP contribution >= 0.6 is 0 Å². The Balaban J connectivity index is 0.000000762. The van der Waals surface area contributed by atoms with Crippen LogP contribution in [-0.2, 0) is 24.3 Å². The number of hydrogen-bond donors (Lipinski definition) is 2. The Hall–Kier alpha value is -2.42. The number of ether oxygens (including phenoxy) is 2. The molecule has 1 aliphatic rings. The van der Waals surface area contributed by atoms with Crippen molar-refractivity contribution in [3.8, 4) is 5.75 Å². The molecule has 0 aliphatic carbocycles. The molecule has 14 heteroatoms. The van der Waals surface area contributed by atoms with Crippen molar-refractivity contribution in [2.24, 2.45) is 0 Å². The molecule has 1 aliphatic heterocycles. The molecule has 1 amide bonds. The number of carbonyl (C=O) groups is 2. The molecule has 0 bridgehead atoms. The van der Waals surface area contributed by atoms with Crippen molar-refractivity contribution in [1.82, 2.24) is 14.5 Å². The van der Waals surface area contributed by atoms with E-state index in [0.29, 0.717) is 45.0 Å². The Morgan fingerprint density at radius 3 is 2.20 bits per heavy atom. The number of amides is 1. The highest BCUT2D eigenvalue weighted by Crippen LogP contribution is 2.20. The Kier molecular flexibility index (Phi) is 13.0. The quantitative estimate of drug-likeness (QED) is 0.416. The van der Waals surface area contributed by atoms with Gasteiger partial charge in [0.05, 0.1) is 11.5 Å². The van der Waals surface area contributed by atoms with Gasteiger partial charge < -0.3 is 24.8 Å². The van der Waals surface area contributed by atoms with Gasteiger partial charge in [0, 0.05) is 59.4 Å². The van der Waals surface area contributed by atoms with Gasteiger partial charge in [-0.05, 0) is 37.6 Å². The number of hydrogen-bond acceptors (Lipinski definition) is 7. The number of halogens is 3. The second-order valence-corrected chi connectivity index (χ2v) is 9.28. The van der Waals surface area contributed by atoms with Crippen molar-refractivity contribution >= 4 is 21.9 Å². The van der Waals surface area contributed by atoms with Crippen LogP contribution < -0.4 is 10.1 Å². The molecule has 0 unspecified atom stereocenters. The molecule has 200 valence electrons. The molecule has 10 nitrogen and oxygen atoms in total. The number of methoxy groups -OCH3 is 1. The van der Waals surface area contributed by atoms with Crippen LogP contribution in [0.3, 0.4) is 0 Å². The highest BCUT2D eigenvalue weighted by atomic mass is 32.2. The minimum atomic E-state index is -5.08. The number of nitrogens with zero attached hydrogens (tertiary/aromatic N) is 2. The summed E-state index contributed by atoms with van der Waals surface area (Å²) in [5, 5.41) is 10.3. The fourth-order valence-corrected chi connectivity index (χ4v) is 4.53. The highest BCUT2D eigenvalue weighted by Gasteiger charge is 2.38. The highest BCUT2D eigenvalue weighted by molar-refractivity contribution is 7.89. The molecule has 0 atom stereocenters. The predicted octanol–water partition coefficient (Wildman–Crippen LogP) is 1.57. The van der Waals surface area contributed by atoms with Gasteiger partial charge in [-0.25, -0.2) is 13.2 Å². The van der Waals surface area contributed by atoms with Gasteiger partial charge in [0.15, 0.2) is 0 Å². The van der Waals surface area contributed by atoms with Gasteiger partial charge in [0.25, 0.3) is 0 Å². The van der Waals surface area contributed by atoms with E-state index in [9.17, 15) is 26.4 Å². The first-order chi connectivity index (χ1) is 16.4. The summed E-state index contributed by atoms with van der Waals surface area (Å²) < 4.78 is 69.7. The molecular formula is C21H32F3N3O7S. The lowest BCUT2D eigenvalue weighted by molar-refractivity contribution is -0.192. The number of carboxylic acids is 1. The van der Waals surface area contributed by atoms with Crippen LogP contribution in [0.5, 0.6) is 5.75 Å². The van der Waals surface area contributed by atoms with E-state index in [1.54, 1.807) is 36.3 Å². The summed E-state index contributed by atoms with van der Waals surface area (Å²) in [5.74, 6) is -2.14. The van der Waals surface area contributed by atoms with E-state index >= 15 is 0 Å². The van der Waals surface area contributed by atoms with Crippen LogP contribution in [-0.4, -0.2) is 100 Å². The van der Waals surface area contributed by atoms with E-state index in [0.717, 1.165) is 13.1 Å². The number of carboxylic acid groups (broad SMARTS) is 1. The molecule has 0 spiro atoms. The van der Waals surface area contributed by atoms with Gasteiger partial charge in [-0.15, -0.1) is 0 Å². The van der Waals surface area contributed by atoms with E-state index in [-0.39, 0.29) is 23.8 Å². The summed E-state index contributed by atoms with van der Waals surface area (Å²) in [4.78, 5) is 23.3. The number of piperazine rings is 1. The maximum Gasteiger partial charge on any atom is 0.490 e. The molecule has 2 N–H and O–H groups in total. The number of benzene rings is 1. The van der Waals surface area contributed by atoms with Crippen molar-refractivity contribution in [2.45, 2.75) is 30.8 Å². The summed E-state index contributed by atoms with van der Waals surface area (Å²) in [6.07, 6.45) is -4.35. The molecule has 1 fully saturated rings. The lowest BCUT2D eigenvalue weighted by Crippen LogP contribution is -2.47. The smallest absolute Gasteiger partial charge is 0.490 e. The fourth-order valence-electron chi connectivity index (χ4n) is 3.05. The molecular weight excluding hydrogens is 495 g/mol. The molecule has 0 aromatic heterocycles. The first kappa shape index (κ1) is 30.6. The molecule has 0 saturated carbocycles. The number of aliphatic carboxylic acids is 1. The normalized spacial score (nSPS) is 14.3. The van der Waals surface area contributed by atoms with Crippen LogP contribution in [0.1, 0.15) is 19.8 Å². The van der Waals surface area contributed by atoms with Crippen LogP contribution in [0.15, 0.2) is 29.2 Å². The van der Waals surface area contributed by atoms with Gasteiger partial charge in [-0.1, -0.05) is 0 Å². The number of nitrogens with one attached hydrogen (secondary N) is 1. The lowest BCUT2D eigenvalue weighted by Gasteiger charge is -2.29. The molecule has 1 saturated heterocycles. The fraction of sp³-hybridized carbons (Fsp3) is 0.619. The Labute approximate surface area is 203 Å². The zero-order valence-corrected chi connectivity index (χ0v) is 20.5. The monoisotopic (exact) mass is 527 g/mol. The van der Waals surface area contributed by atoms with Gasteiger partial charge in [0.2, 0.25) is 15.9 Å². The van der Waals surface area contributed by atoms with E-state index < -0.39 is 22.2 Å². The SMILES string of the molecule is CCOc1ccc(S(=O)(=O)N(CCCOC)CCC(=O)N2CCNCC2)cc1.O=C(O)C(F)(F)F. The van der Waals surface area contributed by atoms with Gasteiger partial charge in [0.1, 0.15) is 5.75 Å². The second-order valence-electron chi connectivity index (χ2n) is 7.34. The van der Waals surface area contributed by atoms with Crippen molar-refractivity contribution in [3.63, 3.8) is 0 Å². The maximum absolute atomic E-state index is 13.1. The largest absolute Gasteiger partial charge is 0.494 e. The molecule has 1 aromatic rings. The number of alkyl halides is 3. The zero-order chi connectivity index (χ0) is 26.5. The van der Waals surface area contributed by atoms with Crippen molar-refractivity contribution < 1.29 is 45.8 Å². The standard InChI is InChI=1S/C19H31N3O5S.C2HF3O2/c1-3-27-17-5-7-18(8-6-17)28(24,25)22(12-4-16-26-2)13-9-19(23)21-14-10-20-11-15-21;3-2(4,5)1(6)7/h5-8,20H,3-4,9-16H2,1-2H3;(H,6,7). The third-order valence-corrected chi connectivity index (χ3v) is 6.73. The van der Waals surface area contributed by atoms with Crippen LogP contribution in [0.4, 0.5) is 13.2 Å². The van der Waals surface area contributed by atoms with E-state index in [1.807, 2.05) is 6.92 Å². The number of sulfonamides is 1. The van der Waals surface area contributed by atoms with Crippen LogP contribution in [0, 0.1) is 0 Å². The number of rotatable bonds is 11. The average molecular weight is 528 g/mol. The van der Waals surface area contributed by atoms with Crippen LogP contribution in [0.25, 0.3) is 0 Å². The Bertz CT molecular complexity index is 890. The van der Waals surface area contributed by atoms with Crippen molar-refractivity contribution in [1.29, 1.82) is 0 Å². The van der Waals surface area contributed by atoms with E-state index in [2.05, 4.69) is 5.32 Å².